The van der Waals surface area contributed by atoms with E-state index < -0.39 is 10.9 Å². The van der Waals surface area contributed by atoms with Crippen molar-refractivity contribution in [3.63, 3.8) is 0 Å². The number of hydrogen-bond acceptors (Lipinski definition) is 6. The Bertz CT molecular complexity index is 703. The van der Waals surface area contributed by atoms with Crippen molar-refractivity contribution in [3.8, 4) is 0 Å². The van der Waals surface area contributed by atoms with Gasteiger partial charge in [-0.15, -0.1) is 0 Å². The van der Waals surface area contributed by atoms with Crippen LogP contribution in [0.25, 0.3) is 0 Å². The van der Waals surface area contributed by atoms with Gasteiger partial charge in [0.05, 0.1) is 17.6 Å². The lowest BCUT2D eigenvalue weighted by Gasteiger charge is -2.06. The first-order chi connectivity index (χ1) is 10.0. The van der Waals surface area contributed by atoms with E-state index in [1.54, 1.807) is 0 Å². The van der Waals surface area contributed by atoms with Crippen LogP contribution in [0.5, 0.6) is 0 Å². The first-order valence-corrected chi connectivity index (χ1v) is 6.81. The summed E-state index contributed by atoms with van der Waals surface area (Å²) in [6.45, 7) is 1.91. The lowest BCUT2D eigenvalue weighted by molar-refractivity contribution is -0.388. The van der Waals surface area contributed by atoms with Crippen molar-refractivity contribution in [2.24, 2.45) is 0 Å². The number of esters is 1. The summed E-state index contributed by atoms with van der Waals surface area (Å²) < 4.78 is 4.54. The molecule has 0 bridgehead atoms. The number of hydrogen-bond donors (Lipinski definition) is 0. The molecule has 6 nitrogen and oxygen atoms in total. The van der Waals surface area contributed by atoms with E-state index in [4.69, 9.17) is 0 Å². The Balaban J connectivity index is 2.42. The summed E-state index contributed by atoms with van der Waals surface area (Å²) in [5, 5.41) is 11.4. The van der Waals surface area contributed by atoms with Crippen LogP contribution in [-0.4, -0.2) is 23.0 Å². The molecular formula is C14H12N2O4S. The van der Waals surface area contributed by atoms with Crippen LogP contribution in [0, 0.1) is 17.0 Å². The summed E-state index contributed by atoms with van der Waals surface area (Å²) in [5.74, 6) is -0.655. The van der Waals surface area contributed by atoms with Gasteiger partial charge in [-0.3, -0.25) is 10.1 Å². The summed E-state index contributed by atoms with van der Waals surface area (Å²) in [7, 11) is 1.21. The highest BCUT2D eigenvalue weighted by Crippen LogP contribution is 2.34. The highest BCUT2D eigenvalue weighted by molar-refractivity contribution is 7.99. The van der Waals surface area contributed by atoms with Crippen LogP contribution in [0.3, 0.4) is 0 Å². The van der Waals surface area contributed by atoms with Gasteiger partial charge in [-0.2, -0.15) is 0 Å². The third-order valence-electron chi connectivity index (χ3n) is 2.75. The Morgan fingerprint density at radius 3 is 2.71 bits per heavy atom. The van der Waals surface area contributed by atoms with Crippen molar-refractivity contribution in [3.05, 3.63) is 57.8 Å². The minimum Gasteiger partial charge on any atom is -0.465 e. The van der Waals surface area contributed by atoms with E-state index in [2.05, 4.69) is 9.72 Å². The maximum Gasteiger partial charge on any atom is 0.339 e. The van der Waals surface area contributed by atoms with Crippen LogP contribution in [0.2, 0.25) is 0 Å². The third kappa shape index (κ3) is 3.38. The number of aryl methyl sites for hydroxylation is 1. The van der Waals surface area contributed by atoms with Crippen molar-refractivity contribution in [2.75, 3.05) is 7.11 Å². The fourth-order valence-electron chi connectivity index (χ4n) is 1.65. The van der Waals surface area contributed by atoms with Gasteiger partial charge in [-0.1, -0.05) is 30.0 Å². The maximum absolute atomic E-state index is 11.4. The minimum absolute atomic E-state index is 0.0540. The van der Waals surface area contributed by atoms with Crippen LogP contribution in [0.15, 0.2) is 46.5 Å². The number of nitro groups is 1. The van der Waals surface area contributed by atoms with Crippen LogP contribution >= 0.6 is 11.8 Å². The second-order valence-electron chi connectivity index (χ2n) is 4.16. The Hall–Kier alpha value is -2.41. The minimum atomic E-state index is -0.655. The van der Waals surface area contributed by atoms with Gasteiger partial charge < -0.3 is 4.74 Å². The highest BCUT2D eigenvalue weighted by atomic mass is 32.2. The summed E-state index contributed by atoms with van der Waals surface area (Å²) in [6.07, 6.45) is 1.28. The number of ether oxygens (including phenoxy) is 1. The zero-order chi connectivity index (χ0) is 15.4. The van der Waals surface area contributed by atoms with E-state index in [-0.39, 0.29) is 16.3 Å². The summed E-state index contributed by atoms with van der Waals surface area (Å²) in [6, 6.07) is 8.70. The molecule has 0 amide bonds. The van der Waals surface area contributed by atoms with Crippen LogP contribution in [0.1, 0.15) is 15.9 Å². The average molecular weight is 304 g/mol. The number of rotatable bonds is 4. The molecule has 1 heterocycles. The number of pyridine rings is 1. The van der Waals surface area contributed by atoms with Gasteiger partial charge >= 0.3 is 11.7 Å². The molecule has 0 atom stereocenters. The molecular weight excluding hydrogens is 292 g/mol. The normalized spacial score (nSPS) is 10.2. The van der Waals surface area contributed by atoms with Crippen LogP contribution < -0.4 is 0 Å². The third-order valence-corrected chi connectivity index (χ3v) is 3.94. The molecule has 0 aliphatic heterocycles. The Morgan fingerprint density at radius 2 is 2.10 bits per heavy atom. The largest absolute Gasteiger partial charge is 0.465 e. The van der Waals surface area contributed by atoms with Crippen molar-refractivity contribution in [2.45, 2.75) is 16.8 Å². The van der Waals surface area contributed by atoms with Gasteiger partial charge in [-0.25, -0.2) is 9.78 Å². The van der Waals surface area contributed by atoms with E-state index >= 15 is 0 Å². The molecule has 0 fully saturated rings. The molecule has 1 aromatic carbocycles. The fraction of sp³-hybridized carbons (Fsp3) is 0.143. The molecule has 0 N–H and O–H groups in total. The van der Waals surface area contributed by atoms with Gasteiger partial charge in [0.1, 0.15) is 0 Å². The topological polar surface area (TPSA) is 82.3 Å². The molecule has 2 aromatic rings. The molecule has 0 aliphatic carbocycles. The second-order valence-corrected chi connectivity index (χ2v) is 5.20. The Kier molecular flexibility index (Phi) is 4.54. The number of nitrogens with zero attached hydrogens (tertiary/aromatic N) is 2. The lowest BCUT2D eigenvalue weighted by Crippen LogP contribution is -2.04. The van der Waals surface area contributed by atoms with Gasteiger partial charge in [0, 0.05) is 17.2 Å². The molecule has 0 spiro atoms. The van der Waals surface area contributed by atoms with E-state index in [1.165, 1.54) is 31.1 Å². The first kappa shape index (κ1) is 15.0. The quantitative estimate of drug-likeness (QED) is 0.490. The number of carbonyl (C=O) groups is 1. The van der Waals surface area contributed by atoms with Crippen molar-refractivity contribution < 1.29 is 14.5 Å². The zero-order valence-corrected chi connectivity index (χ0v) is 12.2. The standard InChI is InChI=1S/C14H12N2O4S/c1-9-5-3-4-6-12(9)21-13-11(16(18)19)7-10(8-15-13)14(17)20-2/h3-8H,1-2H3. The Morgan fingerprint density at radius 1 is 1.38 bits per heavy atom. The maximum atomic E-state index is 11.4. The predicted octanol–water partition coefficient (Wildman–Crippen LogP) is 3.24. The summed E-state index contributed by atoms with van der Waals surface area (Å²) in [4.78, 5) is 26.9. The van der Waals surface area contributed by atoms with Gasteiger partial charge in [-0.05, 0) is 18.6 Å². The van der Waals surface area contributed by atoms with Crippen molar-refractivity contribution >= 4 is 23.4 Å². The molecule has 0 saturated carbocycles. The molecule has 7 heteroatoms. The monoisotopic (exact) mass is 304 g/mol. The predicted molar refractivity (Wildman–Crippen MR) is 77.5 cm³/mol. The number of carbonyl (C=O) groups excluding carboxylic acids is 1. The lowest BCUT2D eigenvalue weighted by atomic mass is 10.2. The Labute approximate surface area is 125 Å². The molecule has 1 aromatic heterocycles. The molecule has 0 radical (unpaired) electrons. The van der Waals surface area contributed by atoms with Crippen LogP contribution in [-0.2, 0) is 4.74 Å². The average Bonchev–Trinajstić information content (AvgIpc) is 2.49. The van der Waals surface area contributed by atoms with E-state index in [0.29, 0.717) is 0 Å². The van der Waals surface area contributed by atoms with E-state index in [0.717, 1.165) is 10.5 Å². The molecule has 108 valence electrons. The van der Waals surface area contributed by atoms with Gasteiger partial charge in [0.15, 0.2) is 5.03 Å². The number of benzene rings is 1. The molecule has 21 heavy (non-hydrogen) atoms. The summed E-state index contributed by atoms with van der Waals surface area (Å²) >= 11 is 1.19. The van der Waals surface area contributed by atoms with Gasteiger partial charge in [0.25, 0.3) is 0 Å². The SMILES string of the molecule is COC(=O)c1cnc(Sc2ccccc2C)c([N+](=O)[O-])c1. The highest BCUT2D eigenvalue weighted by Gasteiger charge is 2.20. The molecule has 2 rings (SSSR count). The number of aromatic nitrogens is 1. The van der Waals surface area contributed by atoms with E-state index in [9.17, 15) is 14.9 Å². The van der Waals surface area contributed by atoms with Crippen molar-refractivity contribution in [1.29, 1.82) is 0 Å². The van der Waals surface area contributed by atoms with E-state index in [1.807, 2.05) is 31.2 Å². The fourth-order valence-corrected chi connectivity index (χ4v) is 2.58. The van der Waals surface area contributed by atoms with Gasteiger partial charge in [0.2, 0.25) is 0 Å². The summed E-state index contributed by atoms with van der Waals surface area (Å²) in [5.41, 5.74) is 0.833. The second kappa shape index (κ2) is 6.36. The van der Waals surface area contributed by atoms with Crippen LogP contribution in [0.4, 0.5) is 5.69 Å². The molecule has 0 aliphatic rings. The smallest absolute Gasteiger partial charge is 0.339 e. The number of methoxy groups -OCH3 is 1. The molecule has 0 unspecified atom stereocenters. The molecule has 0 saturated heterocycles. The van der Waals surface area contributed by atoms with Crippen molar-refractivity contribution in [1.82, 2.24) is 4.98 Å². The zero-order valence-electron chi connectivity index (χ0n) is 11.4. The first-order valence-electron chi connectivity index (χ1n) is 5.99.